The summed E-state index contributed by atoms with van der Waals surface area (Å²) in [4.78, 5) is 0. The molecule has 0 bridgehead atoms. The smallest absolute Gasteiger partial charge is 0.115 e. The van der Waals surface area contributed by atoms with E-state index in [9.17, 15) is 0 Å². The van der Waals surface area contributed by atoms with Crippen LogP contribution in [0.1, 0.15) is 11.6 Å². The van der Waals surface area contributed by atoms with Crippen molar-refractivity contribution >= 4 is 0 Å². The van der Waals surface area contributed by atoms with Crippen molar-refractivity contribution < 1.29 is 10.2 Å². The Kier molecular flexibility index (Phi) is 2.46. The fraction of sp³-hybridized carbons (Fsp3) is 0.250. The zero-order valence-corrected chi connectivity index (χ0v) is 6.07. The topological polar surface area (TPSA) is 66.5 Å². The number of hydrogen-bond acceptors (Lipinski definition) is 3. The average Bonchev–Trinajstić information content (AvgIpc) is 2.05. The van der Waals surface area contributed by atoms with E-state index < -0.39 is 0 Å². The highest BCUT2D eigenvalue weighted by Crippen LogP contribution is 2.14. The van der Waals surface area contributed by atoms with E-state index in [0.29, 0.717) is 0 Å². The predicted molar refractivity (Wildman–Crippen MR) is 42.1 cm³/mol. The van der Waals surface area contributed by atoms with Gasteiger partial charge in [-0.3, -0.25) is 0 Å². The lowest BCUT2D eigenvalue weighted by Gasteiger charge is -2.07. The Balaban J connectivity index is 2.81. The van der Waals surface area contributed by atoms with Crippen molar-refractivity contribution in [2.75, 3.05) is 6.61 Å². The van der Waals surface area contributed by atoms with Crippen molar-refractivity contribution in [1.29, 1.82) is 0 Å². The highest BCUT2D eigenvalue weighted by atomic mass is 16.3. The number of hydrogen-bond donors (Lipinski definition) is 3. The monoisotopic (exact) mass is 153 g/mol. The third kappa shape index (κ3) is 1.93. The van der Waals surface area contributed by atoms with Crippen molar-refractivity contribution in [3.63, 3.8) is 0 Å². The molecule has 0 saturated carbocycles. The van der Waals surface area contributed by atoms with Gasteiger partial charge in [0.25, 0.3) is 0 Å². The van der Waals surface area contributed by atoms with Gasteiger partial charge < -0.3 is 15.9 Å². The van der Waals surface area contributed by atoms with Gasteiger partial charge in [-0.05, 0) is 17.7 Å². The van der Waals surface area contributed by atoms with Gasteiger partial charge in [-0.25, -0.2) is 0 Å². The average molecular weight is 153 g/mol. The quantitative estimate of drug-likeness (QED) is 0.575. The molecule has 0 aromatic heterocycles. The first-order valence-corrected chi connectivity index (χ1v) is 3.39. The highest BCUT2D eigenvalue weighted by molar-refractivity contribution is 5.27. The molecule has 0 aliphatic heterocycles. The van der Waals surface area contributed by atoms with Crippen LogP contribution < -0.4 is 5.73 Å². The van der Waals surface area contributed by atoms with E-state index >= 15 is 0 Å². The Bertz CT molecular complexity index is 220. The van der Waals surface area contributed by atoms with Crippen molar-refractivity contribution in [3.8, 4) is 5.75 Å². The summed E-state index contributed by atoms with van der Waals surface area (Å²) in [6.07, 6.45) is 0. The lowest BCUT2D eigenvalue weighted by molar-refractivity contribution is 0.268. The van der Waals surface area contributed by atoms with Gasteiger partial charge in [0.05, 0.1) is 12.6 Å². The first-order valence-electron chi connectivity index (χ1n) is 3.39. The van der Waals surface area contributed by atoms with E-state index in [-0.39, 0.29) is 18.4 Å². The minimum absolute atomic E-state index is 0.0786. The molecule has 0 aliphatic carbocycles. The summed E-state index contributed by atoms with van der Waals surface area (Å²) in [6.45, 7) is -0.0786. The molecular formula is C8H11NO2. The van der Waals surface area contributed by atoms with Crippen molar-refractivity contribution in [2.45, 2.75) is 6.04 Å². The summed E-state index contributed by atoms with van der Waals surface area (Å²) in [5.41, 5.74) is 6.34. The van der Waals surface area contributed by atoms with Crippen LogP contribution in [0.5, 0.6) is 5.75 Å². The molecule has 0 saturated heterocycles. The van der Waals surface area contributed by atoms with Crippen molar-refractivity contribution in [1.82, 2.24) is 0 Å². The molecule has 0 amide bonds. The second-order valence-electron chi connectivity index (χ2n) is 2.38. The zero-order valence-electron chi connectivity index (χ0n) is 6.07. The van der Waals surface area contributed by atoms with Crippen LogP contribution in [0.4, 0.5) is 0 Å². The Morgan fingerprint density at radius 3 is 2.27 bits per heavy atom. The van der Waals surface area contributed by atoms with E-state index in [1.807, 2.05) is 0 Å². The van der Waals surface area contributed by atoms with Crippen LogP contribution in [0.15, 0.2) is 24.3 Å². The van der Waals surface area contributed by atoms with E-state index in [2.05, 4.69) is 0 Å². The van der Waals surface area contributed by atoms with Crippen LogP contribution in [0, 0.1) is 0 Å². The highest BCUT2D eigenvalue weighted by Gasteiger charge is 2.02. The van der Waals surface area contributed by atoms with Crippen LogP contribution in [0.3, 0.4) is 0 Å². The Labute approximate surface area is 65.1 Å². The summed E-state index contributed by atoms with van der Waals surface area (Å²) >= 11 is 0. The molecule has 0 spiro atoms. The molecule has 1 aromatic rings. The SMILES string of the molecule is N[C@@H](CO)c1ccc(O)cc1. The number of aliphatic hydroxyl groups excluding tert-OH is 1. The minimum atomic E-state index is -0.351. The molecular weight excluding hydrogens is 142 g/mol. The molecule has 0 heterocycles. The largest absolute Gasteiger partial charge is 0.508 e. The van der Waals surface area contributed by atoms with Gasteiger partial charge in [0.1, 0.15) is 5.75 Å². The van der Waals surface area contributed by atoms with Crippen LogP contribution in [-0.4, -0.2) is 16.8 Å². The third-order valence-corrected chi connectivity index (χ3v) is 1.52. The first kappa shape index (κ1) is 8.04. The fourth-order valence-corrected chi connectivity index (χ4v) is 0.827. The normalized spacial score (nSPS) is 12.9. The van der Waals surface area contributed by atoms with Crippen LogP contribution >= 0.6 is 0 Å². The first-order chi connectivity index (χ1) is 5.24. The maximum Gasteiger partial charge on any atom is 0.115 e. The molecule has 3 nitrogen and oxygen atoms in total. The summed E-state index contributed by atoms with van der Waals surface area (Å²) < 4.78 is 0. The van der Waals surface area contributed by atoms with Gasteiger partial charge in [0.15, 0.2) is 0 Å². The van der Waals surface area contributed by atoms with Gasteiger partial charge in [-0.15, -0.1) is 0 Å². The van der Waals surface area contributed by atoms with Gasteiger partial charge in [0.2, 0.25) is 0 Å². The molecule has 4 N–H and O–H groups in total. The van der Waals surface area contributed by atoms with E-state index in [1.54, 1.807) is 24.3 Å². The Hall–Kier alpha value is -1.06. The van der Waals surface area contributed by atoms with Crippen LogP contribution in [0.25, 0.3) is 0 Å². The standard InChI is InChI=1S/C8H11NO2/c9-8(5-10)6-1-3-7(11)4-2-6/h1-4,8,10-11H,5,9H2/t8-/m0/s1. The van der Waals surface area contributed by atoms with Crippen molar-refractivity contribution in [3.05, 3.63) is 29.8 Å². The second-order valence-corrected chi connectivity index (χ2v) is 2.38. The number of benzene rings is 1. The Morgan fingerprint density at radius 2 is 1.82 bits per heavy atom. The molecule has 60 valence electrons. The third-order valence-electron chi connectivity index (χ3n) is 1.52. The predicted octanol–water partition coefficient (Wildman–Crippen LogP) is 0.384. The van der Waals surface area contributed by atoms with Crippen LogP contribution in [-0.2, 0) is 0 Å². The molecule has 11 heavy (non-hydrogen) atoms. The maximum absolute atomic E-state index is 8.91. The van der Waals surface area contributed by atoms with Crippen LogP contribution in [0.2, 0.25) is 0 Å². The molecule has 0 fully saturated rings. The van der Waals surface area contributed by atoms with E-state index in [0.717, 1.165) is 5.56 Å². The number of phenolic OH excluding ortho intramolecular Hbond substituents is 1. The van der Waals surface area contributed by atoms with Gasteiger partial charge >= 0.3 is 0 Å². The lowest BCUT2D eigenvalue weighted by atomic mass is 10.1. The number of aromatic hydroxyl groups is 1. The van der Waals surface area contributed by atoms with E-state index in [1.165, 1.54) is 0 Å². The minimum Gasteiger partial charge on any atom is -0.508 e. The molecule has 0 unspecified atom stereocenters. The molecule has 1 aromatic carbocycles. The molecule has 3 heteroatoms. The van der Waals surface area contributed by atoms with Gasteiger partial charge in [-0.1, -0.05) is 12.1 Å². The summed E-state index contributed by atoms with van der Waals surface area (Å²) in [6, 6.07) is 6.12. The molecule has 0 aliphatic rings. The fourth-order valence-electron chi connectivity index (χ4n) is 0.827. The zero-order chi connectivity index (χ0) is 8.27. The number of rotatable bonds is 2. The molecule has 0 radical (unpaired) electrons. The van der Waals surface area contributed by atoms with E-state index in [4.69, 9.17) is 15.9 Å². The number of nitrogens with two attached hydrogens (primary N) is 1. The second kappa shape index (κ2) is 3.37. The van der Waals surface area contributed by atoms with Gasteiger partial charge in [-0.2, -0.15) is 0 Å². The number of aliphatic hydroxyl groups is 1. The van der Waals surface area contributed by atoms with Gasteiger partial charge in [0, 0.05) is 0 Å². The lowest BCUT2D eigenvalue weighted by Crippen LogP contribution is -2.13. The Morgan fingerprint density at radius 1 is 1.27 bits per heavy atom. The maximum atomic E-state index is 8.91. The molecule has 1 rings (SSSR count). The summed E-state index contributed by atoms with van der Waals surface area (Å²) in [7, 11) is 0. The number of phenols is 1. The van der Waals surface area contributed by atoms with Crippen molar-refractivity contribution in [2.24, 2.45) is 5.73 Å². The summed E-state index contributed by atoms with van der Waals surface area (Å²) in [5.74, 6) is 0.207. The summed E-state index contributed by atoms with van der Waals surface area (Å²) in [5, 5.41) is 17.6. The molecule has 1 atom stereocenters.